The Labute approximate surface area is 189 Å². The van der Waals surface area contributed by atoms with Crippen LogP contribution in [-0.2, 0) is 16.4 Å². The van der Waals surface area contributed by atoms with E-state index >= 15 is 0 Å². The van der Waals surface area contributed by atoms with Crippen molar-refractivity contribution in [1.29, 1.82) is 5.26 Å². The van der Waals surface area contributed by atoms with Gasteiger partial charge in [0.1, 0.15) is 23.3 Å². The number of nitrogens with zero attached hydrogens (tertiary/aromatic N) is 1. The lowest BCUT2D eigenvalue weighted by molar-refractivity contribution is 0.306. The normalized spacial score (nSPS) is 11.7. The second-order valence-corrected chi connectivity index (χ2v) is 9.23. The molecule has 3 rings (SSSR count). The summed E-state index contributed by atoms with van der Waals surface area (Å²) in [6, 6.07) is 19.4. The molecule has 0 radical (unpaired) electrons. The average molecular weight is 479 g/mol. The molecule has 4 nitrogen and oxygen atoms in total. The van der Waals surface area contributed by atoms with E-state index in [9.17, 15) is 13.7 Å². The molecular formula is C22H14Cl3NO3S. The third-order valence-electron chi connectivity index (χ3n) is 4.15. The number of nitriles is 1. The van der Waals surface area contributed by atoms with Crippen LogP contribution >= 0.6 is 34.8 Å². The monoisotopic (exact) mass is 477 g/mol. The number of sulfone groups is 1. The molecule has 0 aliphatic rings. The Hall–Kier alpha value is -2.49. The summed E-state index contributed by atoms with van der Waals surface area (Å²) in [6.45, 7) is 0.110. The van der Waals surface area contributed by atoms with Crippen LogP contribution in [0.15, 0.2) is 76.5 Å². The van der Waals surface area contributed by atoms with Crippen LogP contribution in [0.2, 0.25) is 15.1 Å². The van der Waals surface area contributed by atoms with Gasteiger partial charge in [0.2, 0.25) is 9.84 Å². The Morgan fingerprint density at radius 2 is 1.57 bits per heavy atom. The number of halogens is 3. The lowest BCUT2D eigenvalue weighted by Gasteiger charge is -2.11. The zero-order chi connectivity index (χ0) is 21.7. The predicted molar refractivity (Wildman–Crippen MR) is 119 cm³/mol. The minimum Gasteiger partial charge on any atom is -0.489 e. The van der Waals surface area contributed by atoms with Crippen LogP contribution in [0.4, 0.5) is 0 Å². The molecule has 3 aromatic carbocycles. The van der Waals surface area contributed by atoms with Crippen LogP contribution in [0.3, 0.4) is 0 Å². The molecule has 0 saturated heterocycles. The summed E-state index contributed by atoms with van der Waals surface area (Å²) >= 11 is 18.3. The molecule has 0 fully saturated rings. The highest BCUT2D eigenvalue weighted by Crippen LogP contribution is 2.32. The van der Waals surface area contributed by atoms with Crippen molar-refractivity contribution in [1.82, 2.24) is 0 Å². The van der Waals surface area contributed by atoms with E-state index in [0.717, 1.165) is 0 Å². The van der Waals surface area contributed by atoms with Crippen LogP contribution in [0.25, 0.3) is 6.08 Å². The maximum absolute atomic E-state index is 12.6. The van der Waals surface area contributed by atoms with Gasteiger partial charge in [-0.3, -0.25) is 0 Å². The summed E-state index contributed by atoms with van der Waals surface area (Å²) in [5.74, 6) is 0.517. The van der Waals surface area contributed by atoms with Gasteiger partial charge in [-0.2, -0.15) is 5.26 Å². The molecule has 0 bridgehead atoms. The molecule has 0 atom stereocenters. The summed E-state index contributed by atoms with van der Waals surface area (Å²) in [6.07, 6.45) is 1.32. The molecular weight excluding hydrogens is 465 g/mol. The minimum atomic E-state index is -3.89. The summed E-state index contributed by atoms with van der Waals surface area (Å²) < 4.78 is 31.0. The van der Waals surface area contributed by atoms with Crippen molar-refractivity contribution in [3.8, 4) is 11.8 Å². The van der Waals surface area contributed by atoms with Gasteiger partial charge >= 0.3 is 0 Å². The minimum absolute atomic E-state index is 0.0630. The van der Waals surface area contributed by atoms with Gasteiger partial charge in [0.05, 0.1) is 14.9 Å². The number of allylic oxidation sites excluding steroid dienone is 1. The van der Waals surface area contributed by atoms with E-state index in [2.05, 4.69) is 0 Å². The number of benzene rings is 3. The highest BCUT2D eigenvalue weighted by atomic mass is 35.5. The third-order valence-corrected chi connectivity index (χ3v) is 7.03. The van der Waals surface area contributed by atoms with Crippen molar-refractivity contribution in [2.75, 3.05) is 0 Å². The molecule has 0 heterocycles. The fraction of sp³-hybridized carbons (Fsp3) is 0.0455. The van der Waals surface area contributed by atoms with E-state index in [0.29, 0.717) is 31.9 Å². The lowest BCUT2D eigenvalue weighted by atomic mass is 10.2. The van der Waals surface area contributed by atoms with Gasteiger partial charge in [-0.15, -0.1) is 0 Å². The van der Waals surface area contributed by atoms with E-state index in [4.69, 9.17) is 39.5 Å². The van der Waals surface area contributed by atoms with Crippen molar-refractivity contribution in [2.45, 2.75) is 11.5 Å². The molecule has 30 heavy (non-hydrogen) atoms. The summed E-state index contributed by atoms with van der Waals surface area (Å²) in [5.41, 5.74) is 1.10. The predicted octanol–water partition coefficient (Wildman–Crippen LogP) is 6.56. The average Bonchev–Trinajstić information content (AvgIpc) is 2.76. The lowest BCUT2D eigenvalue weighted by Crippen LogP contribution is -2.03. The van der Waals surface area contributed by atoms with Crippen LogP contribution in [0, 0.1) is 11.3 Å². The molecule has 152 valence electrons. The summed E-state index contributed by atoms with van der Waals surface area (Å²) in [5, 5.41) is 10.5. The standard InChI is InChI=1S/C22H14Cl3NO3S/c23-20-10-11-21(24)22(25)19(20)14-29-16-8-6-15(7-9-16)12-18(13-26)30(27,28)17-4-2-1-3-5-17/h1-12H,14H2. The summed E-state index contributed by atoms with van der Waals surface area (Å²) in [4.78, 5) is -0.284. The zero-order valence-electron chi connectivity index (χ0n) is 15.3. The second kappa shape index (κ2) is 9.55. The van der Waals surface area contributed by atoms with Crippen LogP contribution < -0.4 is 4.74 Å². The number of hydrogen-bond donors (Lipinski definition) is 0. The largest absolute Gasteiger partial charge is 0.489 e. The smallest absolute Gasteiger partial charge is 0.216 e. The Morgan fingerprint density at radius 3 is 2.20 bits per heavy atom. The molecule has 0 amide bonds. The first kappa shape index (κ1) is 22.2. The molecule has 0 N–H and O–H groups in total. The molecule has 0 aliphatic heterocycles. The quantitative estimate of drug-likeness (QED) is 0.297. The van der Waals surface area contributed by atoms with E-state index in [1.165, 1.54) is 18.2 Å². The number of ether oxygens (including phenoxy) is 1. The topological polar surface area (TPSA) is 67.2 Å². The maximum atomic E-state index is 12.6. The van der Waals surface area contributed by atoms with Gasteiger partial charge < -0.3 is 4.74 Å². The van der Waals surface area contributed by atoms with Crippen molar-refractivity contribution in [3.05, 3.63) is 97.8 Å². The van der Waals surface area contributed by atoms with E-state index < -0.39 is 9.84 Å². The Bertz CT molecular complexity index is 1230. The first-order chi connectivity index (χ1) is 14.3. The van der Waals surface area contributed by atoms with Crippen LogP contribution in [0.1, 0.15) is 11.1 Å². The zero-order valence-corrected chi connectivity index (χ0v) is 18.4. The first-order valence-corrected chi connectivity index (χ1v) is 11.2. The Morgan fingerprint density at radius 1 is 0.933 bits per heavy atom. The van der Waals surface area contributed by atoms with Gasteiger partial charge in [0.15, 0.2) is 0 Å². The highest BCUT2D eigenvalue weighted by Gasteiger charge is 2.20. The molecule has 3 aromatic rings. The Balaban J connectivity index is 1.79. The fourth-order valence-electron chi connectivity index (χ4n) is 2.57. The molecule has 0 spiro atoms. The molecule has 0 aliphatic carbocycles. The number of hydrogen-bond acceptors (Lipinski definition) is 4. The Kier molecular flexibility index (Phi) is 7.06. The van der Waals surface area contributed by atoms with Gasteiger partial charge in [0.25, 0.3) is 0 Å². The summed E-state index contributed by atoms with van der Waals surface area (Å²) in [7, 11) is -3.89. The van der Waals surface area contributed by atoms with E-state index in [-0.39, 0.29) is 16.4 Å². The molecule has 0 saturated carbocycles. The van der Waals surface area contributed by atoms with Crippen LogP contribution in [-0.4, -0.2) is 8.42 Å². The van der Waals surface area contributed by atoms with Crippen molar-refractivity contribution in [3.63, 3.8) is 0 Å². The third kappa shape index (κ3) is 4.97. The van der Waals surface area contributed by atoms with Crippen molar-refractivity contribution < 1.29 is 13.2 Å². The SMILES string of the molecule is N#CC(=Cc1ccc(OCc2c(Cl)ccc(Cl)c2Cl)cc1)S(=O)(=O)c1ccccc1. The fourth-order valence-corrected chi connectivity index (χ4v) is 4.40. The van der Waals surface area contributed by atoms with E-state index in [1.54, 1.807) is 60.7 Å². The van der Waals surface area contributed by atoms with Gasteiger partial charge in [-0.1, -0.05) is 65.1 Å². The molecule has 8 heteroatoms. The van der Waals surface area contributed by atoms with E-state index in [1.807, 2.05) is 0 Å². The number of rotatable bonds is 6. The van der Waals surface area contributed by atoms with Gasteiger partial charge in [-0.25, -0.2) is 8.42 Å². The molecule has 0 unspecified atom stereocenters. The maximum Gasteiger partial charge on any atom is 0.216 e. The van der Waals surface area contributed by atoms with Crippen molar-refractivity contribution in [2.24, 2.45) is 0 Å². The molecule has 0 aromatic heterocycles. The van der Waals surface area contributed by atoms with Gasteiger partial charge in [0, 0.05) is 10.6 Å². The van der Waals surface area contributed by atoms with Gasteiger partial charge in [-0.05, 0) is 48.0 Å². The van der Waals surface area contributed by atoms with Crippen molar-refractivity contribution >= 4 is 50.7 Å². The highest BCUT2D eigenvalue weighted by molar-refractivity contribution is 7.95. The first-order valence-electron chi connectivity index (χ1n) is 8.60. The van der Waals surface area contributed by atoms with Crippen LogP contribution in [0.5, 0.6) is 5.75 Å². The second-order valence-electron chi connectivity index (χ2n) is 6.12.